The van der Waals surface area contributed by atoms with Crippen molar-refractivity contribution in [3.05, 3.63) is 58.9 Å². The first-order valence-electron chi connectivity index (χ1n) is 10.1. The highest BCUT2D eigenvalue weighted by atomic mass is 32.1. The van der Waals surface area contributed by atoms with Crippen molar-refractivity contribution in [3.63, 3.8) is 0 Å². The molecule has 0 saturated heterocycles. The second-order valence-electron chi connectivity index (χ2n) is 7.75. The lowest BCUT2D eigenvalue weighted by molar-refractivity contribution is 0.0944. The molecule has 4 aromatic rings. The van der Waals surface area contributed by atoms with Crippen LogP contribution >= 0.6 is 11.3 Å². The maximum atomic E-state index is 13.2. The van der Waals surface area contributed by atoms with E-state index >= 15 is 0 Å². The minimum Gasteiger partial charge on any atom is -0.292 e. The van der Waals surface area contributed by atoms with Crippen LogP contribution in [0.2, 0.25) is 0 Å². The summed E-state index contributed by atoms with van der Waals surface area (Å²) in [6, 6.07) is 8.13. The predicted octanol–water partition coefficient (Wildman–Crippen LogP) is 3.65. The number of Topliss-reactive ketones (excluding diaryl/α,β-unsaturated/α-hetero) is 1. The van der Waals surface area contributed by atoms with Gasteiger partial charge in [0.15, 0.2) is 17.3 Å². The van der Waals surface area contributed by atoms with E-state index in [1.807, 2.05) is 10.8 Å². The topological polar surface area (TPSA) is 102 Å². The molecule has 160 valence electrons. The monoisotopic (exact) mass is 447 g/mol. The molecule has 0 aliphatic carbocycles. The lowest BCUT2D eigenvalue weighted by atomic mass is 9.91. The Labute approximate surface area is 187 Å². The van der Waals surface area contributed by atoms with Crippen molar-refractivity contribution in [2.24, 2.45) is 13.0 Å². The molecule has 3 aromatic heterocycles. The fourth-order valence-electron chi connectivity index (χ4n) is 4.00. The van der Waals surface area contributed by atoms with Gasteiger partial charge in [-0.3, -0.25) is 9.48 Å². The van der Waals surface area contributed by atoms with E-state index in [0.29, 0.717) is 47.2 Å². The van der Waals surface area contributed by atoms with Crippen LogP contribution in [-0.4, -0.2) is 35.3 Å². The Morgan fingerprint density at radius 3 is 2.88 bits per heavy atom. The molecular formula is C22H18FN7OS. The van der Waals surface area contributed by atoms with E-state index < -0.39 is 0 Å². The van der Waals surface area contributed by atoms with E-state index in [1.54, 1.807) is 35.4 Å². The summed E-state index contributed by atoms with van der Waals surface area (Å²) < 4.78 is 16.6. The zero-order chi connectivity index (χ0) is 22.2. The van der Waals surface area contributed by atoms with Crippen molar-refractivity contribution in [1.29, 1.82) is 5.26 Å². The summed E-state index contributed by atoms with van der Waals surface area (Å²) in [5.74, 6) is 1.22. The predicted molar refractivity (Wildman–Crippen MR) is 115 cm³/mol. The Kier molecular flexibility index (Phi) is 5.11. The molecule has 32 heavy (non-hydrogen) atoms. The third kappa shape index (κ3) is 3.71. The highest BCUT2D eigenvalue weighted by Gasteiger charge is 2.27. The molecule has 10 heteroatoms. The number of hydrogen-bond donors (Lipinski definition) is 0. The van der Waals surface area contributed by atoms with Crippen molar-refractivity contribution in [2.45, 2.75) is 25.8 Å². The van der Waals surface area contributed by atoms with Gasteiger partial charge in [-0.1, -0.05) is 0 Å². The number of nitrogens with zero attached hydrogens (tertiary/aromatic N) is 7. The quantitative estimate of drug-likeness (QED) is 0.433. The van der Waals surface area contributed by atoms with Crippen molar-refractivity contribution < 1.29 is 9.18 Å². The third-order valence-corrected chi connectivity index (χ3v) is 6.47. The van der Waals surface area contributed by atoms with Crippen molar-refractivity contribution in [1.82, 2.24) is 29.5 Å². The Morgan fingerprint density at radius 2 is 2.12 bits per heavy atom. The molecule has 1 aromatic carbocycles. The third-order valence-electron chi connectivity index (χ3n) is 5.60. The minimum absolute atomic E-state index is 0.00886. The standard InChI is InChI=1S/C22H18FN7OS/c1-29-20(17(11-25-29)22-26-16(10-24)12-32-22)18(31)8-13-6-7-30-19(9-13)27-21(28-30)14-2-4-15(23)5-3-14/h2-5,11-13H,6-9H2,1H3. The summed E-state index contributed by atoms with van der Waals surface area (Å²) in [7, 11) is 1.74. The molecule has 0 fully saturated rings. The molecule has 0 amide bonds. The minimum atomic E-state index is -0.299. The van der Waals surface area contributed by atoms with E-state index in [4.69, 9.17) is 5.26 Å². The van der Waals surface area contributed by atoms with Crippen LogP contribution in [0.3, 0.4) is 0 Å². The number of rotatable bonds is 5. The Bertz CT molecular complexity index is 1350. The summed E-state index contributed by atoms with van der Waals surface area (Å²) in [6.07, 6.45) is 3.44. The maximum absolute atomic E-state index is 13.2. The number of carbonyl (C=O) groups is 1. The van der Waals surface area contributed by atoms with E-state index in [1.165, 1.54) is 23.5 Å². The van der Waals surface area contributed by atoms with Crippen LogP contribution in [0.5, 0.6) is 0 Å². The molecule has 1 aliphatic rings. The Hall–Kier alpha value is -3.71. The van der Waals surface area contributed by atoms with E-state index in [2.05, 4.69) is 20.2 Å². The van der Waals surface area contributed by atoms with Gasteiger partial charge < -0.3 is 0 Å². The summed E-state index contributed by atoms with van der Waals surface area (Å²) in [4.78, 5) is 22.1. The average molecular weight is 447 g/mol. The van der Waals surface area contributed by atoms with Gasteiger partial charge in [0.05, 0.1) is 11.8 Å². The molecule has 1 aliphatic heterocycles. The highest BCUT2D eigenvalue weighted by Crippen LogP contribution is 2.30. The van der Waals surface area contributed by atoms with E-state index in [-0.39, 0.29) is 17.5 Å². The zero-order valence-corrected chi connectivity index (χ0v) is 18.0. The largest absolute Gasteiger partial charge is 0.292 e. The van der Waals surface area contributed by atoms with Gasteiger partial charge in [-0.15, -0.1) is 11.3 Å². The van der Waals surface area contributed by atoms with Gasteiger partial charge in [-0.05, 0) is 36.6 Å². The van der Waals surface area contributed by atoms with Gasteiger partial charge in [0.2, 0.25) is 0 Å². The number of aromatic nitrogens is 6. The molecule has 0 spiro atoms. The Morgan fingerprint density at radius 1 is 1.31 bits per heavy atom. The van der Waals surface area contributed by atoms with Crippen LogP contribution in [0.25, 0.3) is 22.0 Å². The summed E-state index contributed by atoms with van der Waals surface area (Å²) >= 11 is 1.33. The van der Waals surface area contributed by atoms with Crippen LogP contribution in [0.1, 0.15) is 34.8 Å². The number of benzene rings is 1. The van der Waals surface area contributed by atoms with E-state index in [9.17, 15) is 9.18 Å². The molecule has 4 heterocycles. The fraction of sp³-hybridized carbons (Fsp3) is 0.273. The second kappa shape index (κ2) is 8.09. The van der Waals surface area contributed by atoms with E-state index in [0.717, 1.165) is 17.8 Å². The first-order chi connectivity index (χ1) is 15.5. The van der Waals surface area contributed by atoms with Gasteiger partial charge >= 0.3 is 0 Å². The molecule has 0 radical (unpaired) electrons. The zero-order valence-electron chi connectivity index (χ0n) is 17.2. The first-order valence-corrected chi connectivity index (χ1v) is 11.0. The molecule has 1 unspecified atom stereocenters. The van der Waals surface area contributed by atoms with Crippen LogP contribution in [0.4, 0.5) is 4.39 Å². The SMILES string of the molecule is Cn1ncc(-c2nc(C#N)cs2)c1C(=O)CC1CCn2nc(-c3ccc(F)cc3)nc2C1. The number of hydrogen-bond acceptors (Lipinski definition) is 7. The molecular weight excluding hydrogens is 429 g/mol. The Balaban J connectivity index is 1.34. The van der Waals surface area contributed by atoms with Gasteiger partial charge in [0, 0.05) is 37.4 Å². The van der Waals surface area contributed by atoms with Crippen LogP contribution < -0.4 is 0 Å². The molecule has 5 rings (SSSR count). The van der Waals surface area contributed by atoms with Gasteiger partial charge in [0.25, 0.3) is 0 Å². The molecule has 0 N–H and O–H groups in total. The first kappa shape index (κ1) is 20.2. The lowest BCUT2D eigenvalue weighted by Gasteiger charge is -2.21. The summed E-state index contributed by atoms with van der Waals surface area (Å²) in [6.45, 7) is 0.678. The highest BCUT2D eigenvalue weighted by molar-refractivity contribution is 7.13. The fourth-order valence-corrected chi connectivity index (χ4v) is 4.75. The number of thiazole rings is 1. The summed E-state index contributed by atoms with van der Waals surface area (Å²) in [5.41, 5.74) is 2.25. The van der Waals surface area contributed by atoms with Crippen molar-refractivity contribution in [2.75, 3.05) is 0 Å². The summed E-state index contributed by atoms with van der Waals surface area (Å²) in [5, 5.41) is 20.1. The lowest BCUT2D eigenvalue weighted by Crippen LogP contribution is -2.23. The van der Waals surface area contributed by atoms with Crippen molar-refractivity contribution in [3.8, 4) is 28.0 Å². The van der Waals surface area contributed by atoms with Crippen LogP contribution in [0.15, 0.2) is 35.8 Å². The normalized spacial score (nSPS) is 15.3. The van der Waals surface area contributed by atoms with Gasteiger partial charge in [-0.2, -0.15) is 15.5 Å². The smallest absolute Gasteiger partial charge is 0.181 e. The number of carbonyl (C=O) groups excluding carboxylic acids is 1. The van der Waals surface area contributed by atoms with Gasteiger partial charge in [-0.25, -0.2) is 19.0 Å². The molecule has 0 saturated carbocycles. The average Bonchev–Trinajstić information content (AvgIpc) is 3.51. The molecule has 1 atom stereocenters. The van der Waals surface area contributed by atoms with Crippen LogP contribution in [0, 0.1) is 23.1 Å². The number of ketones is 1. The molecule has 0 bridgehead atoms. The maximum Gasteiger partial charge on any atom is 0.181 e. The van der Waals surface area contributed by atoms with Crippen molar-refractivity contribution >= 4 is 17.1 Å². The molecule has 8 nitrogen and oxygen atoms in total. The number of aryl methyl sites for hydroxylation is 2. The number of halogens is 1. The number of fused-ring (bicyclic) bond motifs is 1. The van der Waals surface area contributed by atoms with Gasteiger partial charge in [0.1, 0.15) is 28.4 Å². The van der Waals surface area contributed by atoms with Crippen LogP contribution in [-0.2, 0) is 20.0 Å². The second-order valence-corrected chi connectivity index (χ2v) is 8.61. The number of nitriles is 1.